The fourth-order valence-electron chi connectivity index (χ4n) is 5.00. The van der Waals surface area contributed by atoms with Crippen molar-refractivity contribution in [3.8, 4) is 0 Å². The largest absolute Gasteiger partial charge is 0.302 e. The first-order valence-corrected chi connectivity index (χ1v) is 11.2. The molecule has 2 aromatic rings. The topological polar surface area (TPSA) is 6.48 Å². The number of fused-ring (bicyclic) bond motifs is 2. The van der Waals surface area contributed by atoms with Crippen LogP contribution in [-0.2, 0) is 38.8 Å². The average molecular weight is 377 g/mol. The molecule has 0 saturated heterocycles. The van der Waals surface area contributed by atoms with Crippen LogP contribution in [0.25, 0.3) is 0 Å². The van der Waals surface area contributed by atoms with Gasteiger partial charge in [0.2, 0.25) is 0 Å². The van der Waals surface area contributed by atoms with Crippen LogP contribution < -0.4 is 0 Å². The quantitative estimate of drug-likeness (QED) is 0.728. The van der Waals surface area contributed by atoms with Crippen LogP contribution in [0.1, 0.15) is 65.6 Å². The maximum Gasteiger partial charge on any atom is 0.0239 e. The summed E-state index contributed by atoms with van der Waals surface area (Å²) < 4.78 is 0. The summed E-state index contributed by atoms with van der Waals surface area (Å²) in [5.41, 5.74) is 11.0. The van der Waals surface area contributed by atoms with Gasteiger partial charge in [-0.05, 0) is 84.1 Å². The molecular weight excluding hydrogens is 340 g/mol. The second kappa shape index (κ2) is 8.39. The first-order chi connectivity index (χ1) is 13.6. The molecule has 0 aromatic heterocycles. The Bertz CT molecular complexity index is 839. The summed E-state index contributed by atoms with van der Waals surface area (Å²) in [6, 6.07) is 12.2. The molecule has 0 spiro atoms. The van der Waals surface area contributed by atoms with Crippen LogP contribution >= 0.6 is 0 Å². The molecule has 28 heavy (non-hydrogen) atoms. The molecule has 2 heterocycles. The number of nitrogens with zero attached hydrogens (tertiary/aromatic N) is 2. The zero-order valence-corrected chi connectivity index (χ0v) is 18.2. The van der Waals surface area contributed by atoms with Gasteiger partial charge in [-0.25, -0.2) is 0 Å². The van der Waals surface area contributed by atoms with E-state index in [9.17, 15) is 0 Å². The van der Waals surface area contributed by atoms with Gasteiger partial charge >= 0.3 is 0 Å². The Kier molecular flexibility index (Phi) is 5.89. The third kappa shape index (κ3) is 4.04. The molecule has 0 N–H and O–H groups in total. The molecule has 1 atom stereocenters. The Labute approximate surface area is 171 Å². The molecule has 2 heteroatoms. The molecule has 0 bridgehead atoms. The summed E-state index contributed by atoms with van der Waals surface area (Å²) >= 11 is 0. The molecule has 4 rings (SSSR count). The molecular formula is C26H36N2. The monoisotopic (exact) mass is 376 g/mol. The Balaban J connectivity index is 1.60. The number of aryl methyl sites for hydroxylation is 1. The molecule has 2 aliphatic heterocycles. The Hall–Kier alpha value is -1.64. The average Bonchev–Trinajstić information content (AvgIpc) is 2.72. The van der Waals surface area contributed by atoms with E-state index in [-0.39, 0.29) is 0 Å². The number of rotatable bonds is 5. The minimum atomic E-state index is 0.568. The molecule has 2 aliphatic rings. The van der Waals surface area contributed by atoms with Gasteiger partial charge in [0.05, 0.1) is 0 Å². The molecule has 0 aliphatic carbocycles. The predicted molar refractivity (Wildman–Crippen MR) is 119 cm³/mol. The van der Waals surface area contributed by atoms with Crippen LogP contribution in [0, 0.1) is 0 Å². The van der Waals surface area contributed by atoms with Gasteiger partial charge in [-0.2, -0.15) is 0 Å². The van der Waals surface area contributed by atoms with Crippen molar-refractivity contribution < 1.29 is 0 Å². The van der Waals surface area contributed by atoms with Crippen LogP contribution in [-0.4, -0.2) is 36.5 Å². The number of likely N-dealkylation sites (N-methyl/N-ethyl adjacent to an activating group) is 2. The smallest absolute Gasteiger partial charge is 0.0239 e. The van der Waals surface area contributed by atoms with E-state index in [0.717, 1.165) is 32.5 Å². The van der Waals surface area contributed by atoms with Crippen LogP contribution in [0.3, 0.4) is 0 Å². The summed E-state index contributed by atoms with van der Waals surface area (Å²) in [4.78, 5) is 5.02. The van der Waals surface area contributed by atoms with E-state index in [2.05, 4.69) is 68.0 Å². The summed E-state index contributed by atoms with van der Waals surface area (Å²) in [5, 5.41) is 0. The van der Waals surface area contributed by atoms with Crippen molar-refractivity contribution >= 4 is 0 Å². The second-order valence-electron chi connectivity index (χ2n) is 8.99. The van der Waals surface area contributed by atoms with Crippen LogP contribution in [0.15, 0.2) is 30.3 Å². The van der Waals surface area contributed by atoms with E-state index in [4.69, 9.17) is 0 Å². The van der Waals surface area contributed by atoms with Crippen LogP contribution in [0.4, 0.5) is 0 Å². The lowest BCUT2D eigenvalue weighted by Gasteiger charge is -2.31. The summed E-state index contributed by atoms with van der Waals surface area (Å²) in [6.07, 6.45) is 4.70. The first-order valence-electron chi connectivity index (χ1n) is 11.2. The highest BCUT2D eigenvalue weighted by Crippen LogP contribution is 2.31. The van der Waals surface area contributed by atoms with E-state index in [1.54, 1.807) is 22.3 Å². The molecule has 2 nitrogen and oxygen atoms in total. The third-order valence-electron chi connectivity index (χ3n) is 6.96. The standard InChI is InChI=1S/C26H36N2/c1-5-20-14-23-10-12-28(6-2)18-26(23)25(15-20)13-19(3)21-7-8-24-17-27(4)11-9-22(24)16-21/h7-8,14-16,19H,5-6,9-13,17-18H2,1-4H3. The van der Waals surface area contributed by atoms with E-state index < -0.39 is 0 Å². The fraction of sp³-hybridized carbons (Fsp3) is 0.538. The number of hydrogen-bond donors (Lipinski definition) is 0. The normalized spacial score (nSPS) is 18.6. The molecule has 2 aromatic carbocycles. The van der Waals surface area contributed by atoms with Gasteiger partial charge in [0.25, 0.3) is 0 Å². The molecule has 1 unspecified atom stereocenters. The van der Waals surface area contributed by atoms with Crippen molar-refractivity contribution in [2.75, 3.05) is 26.7 Å². The molecule has 0 saturated carbocycles. The maximum absolute atomic E-state index is 2.59. The van der Waals surface area contributed by atoms with Crippen molar-refractivity contribution in [3.63, 3.8) is 0 Å². The molecule has 0 amide bonds. The lowest BCUT2D eigenvalue weighted by atomic mass is 9.84. The van der Waals surface area contributed by atoms with Gasteiger partial charge in [-0.1, -0.05) is 51.1 Å². The Morgan fingerprint density at radius 1 is 0.929 bits per heavy atom. The Morgan fingerprint density at radius 3 is 2.54 bits per heavy atom. The highest BCUT2D eigenvalue weighted by atomic mass is 15.1. The fourth-order valence-corrected chi connectivity index (χ4v) is 5.00. The van der Waals surface area contributed by atoms with Gasteiger partial charge in [-0.15, -0.1) is 0 Å². The summed E-state index contributed by atoms with van der Waals surface area (Å²) in [7, 11) is 2.23. The molecule has 150 valence electrons. The van der Waals surface area contributed by atoms with Crippen molar-refractivity contribution in [1.82, 2.24) is 9.80 Å². The lowest BCUT2D eigenvalue weighted by Crippen LogP contribution is -2.31. The molecule has 0 radical (unpaired) electrons. The predicted octanol–water partition coefficient (Wildman–Crippen LogP) is 4.96. The van der Waals surface area contributed by atoms with E-state index in [1.165, 1.54) is 42.6 Å². The maximum atomic E-state index is 2.59. The van der Waals surface area contributed by atoms with Gasteiger partial charge in [0, 0.05) is 26.2 Å². The summed E-state index contributed by atoms with van der Waals surface area (Å²) in [5.74, 6) is 0.568. The highest BCUT2D eigenvalue weighted by Gasteiger charge is 2.21. The minimum Gasteiger partial charge on any atom is -0.302 e. The SMILES string of the molecule is CCc1cc2c(c(CC(C)c3ccc4c(c3)CCN(C)C4)c1)CN(CC)CC2. The zero-order valence-electron chi connectivity index (χ0n) is 18.2. The van der Waals surface area contributed by atoms with Crippen LogP contribution in [0.2, 0.25) is 0 Å². The van der Waals surface area contributed by atoms with Crippen molar-refractivity contribution in [1.29, 1.82) is 0 Å². The minimum absolute atomic E-state index is 0.568. The van der Waals surface area contributed by atoms with Crippen molar-refractivity contribution in [2.45, 2.75) is 65.5 Å². The summed E-state index contributed by atoms with van der Waals surface area (Å²) in [6.45, 7) is 12.8. The first kappa shape index (κ1) is 19.7. The van der Waals surface area contributed by atoms with E-state index in [1.807, 2.05) is 0 Å². The number of hydrogen-bond acceptors (Lipinski definition) is 2. The third-order valence-corrected chi connectivity index (χ3v) is 6.96. The van der Waals surface area contributed by atoms with Gasteiger partial charge in [0.1, 0.15) is 0 Å². The zero-order chi connectivity index (χ0) is 19.7. The second-order valence-corrected chi connectivity index (χ2v) is 8.99. The number of benzene rings is 2. The van der Waals surface area contributed by atoms with Gasteiger partial charge in [0.15, 0.2) is 0 Å². The van der Waals surface area contributed by atoms with E-state index in [0.29, 0.717) is 5.92 Å². The van der Waals surface area contributed by atoms with Gasteiger partial charge in [-0.3, -0.25) is 4.90 Å². The van der Waals surface area contributed by atoms with Crippen molar-refractivity contribution in [3.05, 3.63) is 69.3 Å². The van der Waals surface area contributed by atoms with Gasteiger partial charge < -0.3 is 4.90 Å². The lowest BCUT2D eigenvalue weighted by molar-refractivity contribution is 0.267. The van der Waals surface area contributed by atoms with E-state index >= 15 is 0 Å². The Morgan fingerprint density at radius 2 is 1.75 bits per heavy atom. The van der Waals surface area contributed by atoms with Crippen molar-refractivity contribution in [2.24, 2.45) is 0 Å². The molecule has 0 fully saturated rings. The highest BCUT2D eigenvalue weighted by molar-refractivity contribution is 5.43. The van der Waals surface area contributed by atoms with Crippen LogP contribution in [0.5, 0.6) is 0 Å².